The van der Waals surface area contributed by atoms with Gasteiger partial charge in [-0.1, -0.05) is 0 Å². The summed E-state index contributed by atoms with van der Waals surface area (Å²) in [7, 11) is -3.45. The third-order valence-corrected chi connectivity index (χ3v) is 4.86. The van der Waals surface area contributed by atoms with E-state index in [0.29, 0.717) is 28.8 Å². The van der Waals surface area contributed by atoms with Gasteiger partial charge in [0, 0.05) is 30.3 Å². The van der Waals surface area contributed by atoms with Crippen LogP contribution in [0.4, 0.5) is 23.3 Å². The van der Waals surface area contributed by atoms with Crippen LogP contribution in [-0.4, -0.2) is 39.6 Å². The molecule has 0 saturated carbocycles. The van der Waals surface area contributed by atoms with Gasteiger partial charge >= 0.3 is 0 Å². The van der Waals surface area contributed by atoms with Crippen LogP contribution in [0.2, 0.25) is 0 Å². The Kier molecular flexibility index (Phi) is 5.00. The second-order valence-corrected chi connectivity index (χ2v) is 8.01. The summed E-state index contributed by atoms with van der Waals surface area (Å²) >= 11 is 0. The first kappa shape index (κ1) is 18.6. The van der Waals surface area contributed by atoms with Crippen molar-refractivity contribution < 1.29 is 8.42 Å². The van der Waals surface area contributed by atoms with Gasteiger partial charge in [0.1, 0.15) is 34.5 Å². The maximum absolute atomic E-state index is 12.1. The zero-order chi connectivity index (χ0) is 19.6. The van der Waals surface area contributed by atoms with Crippen LogP contribution < -0.4 is 10.6 Å². The minimum atomic E-state index is -3.45. The monoisotopic (exact) mass is 385 g/mol. The molecule has 140 valence electrons. The Hall–Kier alpha value is -3.14. The van der Waals surface area contributed by atoms with E-state index in [9.17, 15) is 8.42 Å². The van der Waals surface area contributed by atoms with Gasteiger partial charge in [0.2, 0.25) is 0 Å². The summed E-state index contributed by atoms with van der Waals surface area (Å²) < 4.78 is 24.2. The molecular weight excluding hydrogens is 366 g/mol. The van der Waals surface area contributed by atoms with E-state index >= 15 is 0 Å². The lowest BCUT2D eigenvalue weighted by molar-refractivity contribution is 0.601. The number of anilines is 4. The Labute approximate surface area is 157 Å². The number of nitrogens with one attached hydrogen (secondary N) is 2. The summed E-state index contributed by atoms with van der Waals surface area (Å²) in [6, 6.07) is 5.09. The highest BCUT2D eigenvalue weighted by Crippen LogP contribution is 2.25. The summed E-state index contributed by atoms with van der Waals surface area (Å²) in [5, 5.41) is 6.04. The molecule has 0 amide bonds. The molecule has 0 fully saturated rings. The van der Waals surface area contributed by atoms with Crippen molar-refractivity contribution in [3.05, 3.63) is 47.8 Å². The van der Waals surface area contributed by atoms with Crippen molar-refractivity contribution in [1.29, 1.82) is 0 Å². The second kappa shape index (κ2) is 7.23. The topological polar surface area (TPSA) is 123 Å². The Balaban J connectivity index is 1.90. The van der Waals surface area contributed by atoms with Crippen molar-refractivity contribution in [2.45, 2.75) is 25.7 Å². The summed E-state index contributed by atoms with van der Waals surface area (Å²) in [5.74, 6) is 2.37. The Morgan fingerprint density at radius 2 is 1.59 bits per heavy atom. The molecule has 0 unspecified atom stereocenters. The minimum absolute atomic E-state index is 0.139. The number of rotatable bonds is 5. The molecule has 9 nitrogen and oxygen atoms in total. The SMILES string of the molecule is Cc1cc(Nc2cc(Nc3nccc(C)c3S(C)(=O)=O)ncn2)nc(C)n1. The van der Waals surface area contributed by atoms with Crippen LogP contribution in [0.3, 0.4) is 0 Å². The molecule has 0 aliphatic rings. The zero-order valence-corrected chi connectivity index (χ0v) is 16.2. The van der Waals surface area contributed by atoms with E-state index in [1.54, 1.807) is 38.2 Å². The maximum Gasteiger partial charge on any atom is 0.179 e. The molecule has 0 aromatic carbocycles. The lowest BCUT2D eigenvalue weighted by Crippen LogP contribution is -2.08. The van der Waals surface area contributed by atoms with Crippen LogP contribution in [0.5, 0.6) is 0 Å². The van der Waals surface area contributed by atoms with Crippen molar-refractivity contribution in [1.82, 2.24) is 24.9 Å². The van der Waals surface area contributed by atoms with E-state index in [4.69, 9.17) is 0 Å². The average molecular weight is 385 g/mol. The van der Waals surface area contributed by atoms with Gasteiger partial charge in [-0.25, -0.2) is 33.3 Å². The zero-order valence-electron chi connectivity index (χ0n) is 15.3. The van der Waals surface area contributed by atoms with Crippen LogP contribution >= 0.6 is 0 Å². The van der Waals surface area contributed by atoms with Gasteiger partial charge in [-0.2, -0.15) is 0 Å². The number of hydrogen-bond donors (Lipinski definition) is 2. The number of aromatic nitrogens is 5. The quantitative estimate of drug-likeness (QED) is 0.681. The molecule has 10 heteroatoms. The van der Waals surface area contributed by atoms with Crippen molar-refractivity contribution in [3.8, 4) is 0 Å². The summed E-state index contributed by atoms with van der Waals surface area (Å²) in [5.41, 5.74) is 1.44. The molecule has 3 rings (SSSR count). The molecule has 3 aromatic heterocycles. The number of pyridine rings is 1. The first-order valence-corrected chi connectivity index (χ1v) is 9.95. The fourth-order valence-corrected chi connectivity index (χ4v) is 3.74. The fraction of sp³-hybridized carbons (Fsp3) is 0.235. The Morgan fingerprint density at radius 1 is 0.889 bits per heavy atom. The highest BCUT2D eigenvalue weighted by Gasteiger charge is 2.18. The van der Waals surface area contributed by atoms with Gasteiger partial charge in [-0.3, -0.25) is 0 Å². The van der Waals surface area contributed by atoms with Crippen LogP contribution in [0.15, 0.2) is 35.6 Å². The highest BCUT2D eigenvalue weighted by molar-refractivity contribution is 7.91. The number of sulfone groups is 1. The normalized spacial score (nSPS) is 11.3. The van der Waals surface area contributed by atoms with Crippen molar-refractivity contribution in [2.75, 3.05) is 16.9 Å². The highest BCUT2D eigenvalue weighted by atomic mass is 32.2. The van der Waals surface area contributed by atoms with E-state index in [-0.39, 0.29) is 10.7 Å². The van der Waals surface area contributed by atoms with Crippen LogP contribution in [-0.2, 0) is 9.84 Å². The molecular formula is C17H19N7O2S. The van der Waals surface area contributed by atoms with Crippen LogP contribution in [0.25, 0.3) is 0 Å². The summed E-state index contributed by atoms with van der Waals surface area (Å²) in [6.07, 6.45) is 4.05. The summed E-state index contributed by atoms with van der Waals surface area (Å²) in [6.45, 7) is 5.40. The van der Waals surface area contributed by atoms with Crippen molar-refractivity contribution in [2.24, 2.45) is 0 Å². The largest absolute Gasteiger partial charge is 0.325 e. The number of hydrogen-bond acceptors (Lipinski definition) is 9. The molecule has 0 atom stereocenters. The Morgan fingerprint density at radius 3 is 2.26 bits per heavy atom. The third kappa shape index (κ3) is 4.53. The molecule has 0 saturated heterocycles. The molecule has 3 aromatic rings. The standard InChI is InChI=1S/C17H19N7O2S/c1-10-5-6-18-17(16(10)27(4,25)26)24-14-8-13(19-9-20-14)23-15-7-11(2)21-12(3)22-15/h5-9H,1-4H3,(H2,18,19,20,21,22,23,24). The van der Waals surface area contributed by atoms with Gasteiger partial charge in [-0.05, 0) is 32.4 Å². The van der Waals surface area contributed by atoms with Crippen LogP contribution in [0, 0.1) is 20.8 Å². The first-order chi connectivity index (χ1) is 12.7. The van der Waals surface area contributed by atoms with E-state index in [1.807, 2.05) is 6.92 Å². The van der Waals surface area contributed by atoms with Gasteiger partial charge in [0.05, 0.1) is 0 Å². The predicted molar refractivity (Wildman–Crippen MR) is 102 cm³/mol. The molecule has 27 heavy (non-hydrogen) atoms. The predicted octanol–water partition coefficient (Wildman–Crippen LogP) is 2.48. The lowest BCUT2D eigenvalue weighted by Gasteiger charge is -2.12. The molecule has 3 heterocycles. The molecule has 0 aliphatic carbocycles. The fourth-order valence-electron chi connectivity index (χ4n) is 2.63. The van der Waals surface area contributed by atoms with Gasteiger partial charge in [0.25, 0.3) is 0 Å². The van der Waals surface area contributed by atoms with E-state index in [0.717, 1.165) is 11.9 Å². The lowest BCUT2D eigenvalue weighted by atomic mass is 10.3. The van der Waals surface area contributed by atoms with Crippen molar-refractivity contribution in [3.63, 3.8) is 0 Å². The molecule has 0 radical (unpaired) electrons. The minimum Gasteiger partial charge on any atom is -0.325 e. The third-order valence-electron chi connectivity index (χ3n) is 3.61. The smallest absolute Gasteiger partial charge is 0.179 e. The maximum atomic E-state index is 12.1. The van der Waals surface area contributed by atoms with Crippen LogP contribution in [0.1, 0.15) is 17.1 Å². The molecule has 0 spiro atoms. The second-order valence-electron chi connectivity index (χ2n) is 6.06. The molecule has 0 aliphatic heterocycles. The van der Waals surface area contributed by atoms with Gasteiger partial charge in [-0.15, -0.1) is 0 Å². The molecule has 0 bridgehead atoms. The number of nitrogens with zero attached hydrogens (tertiary/aromatic N) is 5. The van der Waals surface area contributed by atoms with E-state index < -0.39 is 9.84 Å². The van der Waals surface area contributed by atoms with Gasteiger partial charge < -0.3 is 10.6 Å². The van der Waals surface area contributed by atoms with E-state index in [2.05, 4.69) is 35.6 Å². The summed E-state index contributed by atoms with van der Waals surface area (Å²) in [4.78, 5) is 21.1. The average Bonchev–Trinajstić information content (AvgIpc) is 2.53. The van der Waals surface area contributed by atoms with Gasteiger partial charge in [0.15, 0.2) is 15.7 Å². The first-order valence-electron chi connectivity index (χ1n) is 8.06. The van der Waals surface area contributed by atoms with E-state index in [1.165, 1.54) is 6.33 Å². The number of aryl methyl sites for hydroxylation is 3. The van der Waals surface area contributed by atoms with Crippen molar-refractivity contribution >= 4 is 33.1 Å². The molecule has 2 N–H and O–H groups in total. The Bertz CT molecular complexity index is 1080.